The summed E-state index contributed by atoms with van der Waals surface area (Å²) in [7, 11) is -1.55. The van der Waals surface area contributed by atoms with Gasteiger partial charge in [-0.25, -0.2) is 0 Å². The highest BCUT2D eigenvalue weighted by Gasteiger charge is 2.38. The van der Waals surface area contributed by atoms with Gasteiger partial charge in [0.25, 0.3) is 8.48 Å². The normalized spacial score (nSPS) is 26.6. The predicted octanol–water partition coefficient (Wildman–Crippen LogP) is 2.53. The summed E-state index contributed by atoms with van der Waals surface area (Å²) in [4.78, 5) is 2.51. The van der Waals surface area contributed by atoms with Gasteiger partial charge in [0.2, 0.25) is 0 Å². The van der Waals surface area contributed by atoms with E-state index in [1.165, 1.54) is 38.5 Å². The van der Waals surface area contributed by atoms with Crippen molar-refractivity contribution in [3.63, 3.8) is 0 Å². The van der Waals surface area contributed by atoms with Gasteiger partial charge in [0.05, 0.1) is 0 Å². The molecule has 1 atom stereocenters. The highest BCUT2D eigenvalue weighted by Crippen LogP contribution is 2.25. The molecule has 0 aromatic carbocycles. The third-order valence-corrected chi connectivity index (χ3v) is 8.00. The lowest BCUT2D eigenvalue weighted by atomic mass is 10.3. The molecular weight excluding hydrogens is 228 g/mol. The Kier molecular flexibility index (Phi) is 6.70. The Bertz CT molecular complexity index is 208. The fourth-order valence-electron chi connectivity index (χ4n) is 2.77. The molecule has 0 amide bonds. The van der Waals surface area contributed by atoms with Gasteiger partial charge in [0, 0.05) is 19.7 Å². The zero-order chi connectivity index (χ0) is 12.7. The Morgan fingerprint density at radius 3 is 2.47 bits per heavy atom. The highest BCUT2D eigenvalue weighted by molar-refractivity contribution is 6.69. The molecule has 0 saturated carbocycles. The molecule has 1 fully saturated rings. The van der Waals surface area contributed by atoms with Crippen LogP contribution in [0.5, 0.6) is 0 Å². The molecular formula is C13H30N2OSi. The summed E-state index contributed by atoms with van der Waals surface area (Å²) in [6.07, 6.45) is 2.72. The van der Waals surface area contributed by atoms with Crippen LogP contribution in [0.25, 0.3) is 0 Å². The van der Waals surface area contributed by atoms with Crippen molar-refractivity contribution < 1.29 is 4.43 Å². The number of likely N-dealkylation sites (N-methyl/N-ethyl adjacent to an activating group) is 1. The number of rotatable bonds is 7. The van der Waals surface area contributed by atoms with E-state index in [4.69, 9.17) is 4.43 Å². The van der Waals surface area contributed by atoms with E-state index in [9.17, 15) is 0 Å². The molecule has 3 nitrogen and oxygen atoms in total. The van der Waals surface area contributed by atoms with Crippen LogP contribution in [0.4, 0.5) is 0 Å². The van der Waals surface area contributed by atoms with Crippen molar-refractivity contribution in [2.75, 3.05) is 39.3 Å². The summed E-state index contributed by atoms with van der Waals surface area (Å²) in [5.41, 5.74) is 0. The van der Waals surface area contributed by atoms with Crippen LogP contribution in [-0.4, -0.2) is 57.3 Å². The van der Waals surface area contributed by atoms with Crippen LogP contribution in [0.15, 0.2) is 0 Å². The molecule has 0 bridgehead atoms. The van der Waals surface area contributed by atoms with Gasteiger partial charge in [-0.1, -0.05) is 20.3 Å². The number of hydrogen-bond donors (Lipinski definition) is 0. The molecule has 1 rings (SSSR count). The monoisotopic (exact) mass is 258 g/mol. The van der Waals surface area contributed by atoms with E-state index in [0.717, 1.165) is 19.7 Å². The minimum absolute atomic E-state index is 0.879. The summed E-state index contributed by atoms with van der Waals surface area (Å²) in [6.45, 7) is 15.9. The highest BCUT2D eigenvalue weighted by atomic mass is 28.4. The molecule has 0 aromatic heterocycles. The minimum Gasteiger partial charge on any atom is -0.403 e. The second kappa shape index (κ2) is 7.51. The van der Waals surface area contributed by atoms with Crippen molar-refractivity contribution in [1.29, 1.82) is 0 Å². The maximum absolute atomic E-state index is 6.13. The fraction of sp³-hybridized carbons (Fsp3) is 1.00. The average Bonchev–Trinajstić information content (AvgIpc) is 2.33. The van der Waals surface area contributed by atoms with Gasteiger partial charge >= 0.3 is 0 Å². The second-order valence-corrected chi connectivity index (χ2v) is 8.85. The maximum Gasteiger partial charge on any atom is 0.268 e. The third kappa shape index (κ3) is 4.36. The summed E-state index contributed by atoms with van der Waals surface area (Å²) in [6, 6.07) is 1.32. The fourth-order valence-corrected chi connectivity index (χ4v) is 6.15. The Balaban J connectivity index is 2.47. The van der Waals surface area contributed by atoms with Gasteiger partial charge < -0.3 is 13.9 Å². The zero-order valence-electron chi connectivity index (χ0n) is 12.2. The Labute approximate surface area is 108 Å². The minimum atomic E-state index is -1.55. The van der Waals surface area contributed by atoms with Crippen molar-refractivity contribution in [2.24, 2.45) is 0 Å². The Morgan fingerprint density at radius 2 is 1.88 bits per heavy atom. The van der Waals surface area contributed by atoms with Crippen molar-refractivity contribution >= 4 is 8.48 Å². The number of nitrogens with zero attached hydrogens (tertiary/aromatic N) is 2. The SMILES string of the molecule is CCO[Si]1(C)CCCCN1CCN(CC)CC. The van der Waals surface area contributed by atoms with Gasteiger partial charge in [0.1, 0.15) is 0 Å². The molecule has 1 aliphatic heterocycles. The summed E-state index contributed by atoms with van der Waals surface area (Å²) in [5, 5.41) is 0. The lowest BCUT2D eigenvalue weighted by Crippen LogP contribution is -2.58. The largest absolute Gasteiger partial charge is 0.403 e. The van der Waals surface area contributed by atoms with Crippen molar-refractivity contribution in [2.45, 2.75) is 46.2 Å². The van der Waals surface area contributed by atoms with Gasteiger partial charge in [0.15, 0.2) is 0 Å². The maximum atomic E-state index is 6.13. The topological polar surface area (TPSA) is 15.7 Å². The van der Waals surface area contributed by atoms with Gasteiger partial charge in [-0.05, 0) is 45.6 Å². The first-order valence-electron chi connectivity index (χ1n) is 7.27. The molecule has 0 spiro atoms. The zero-order valence-corrected chi connectivity index (χ0v) is 13.2. The molecule has 17 heavy (non-hydrogen) atoms. The van der Waals surface area contributed by atoms with E-state index in [1.807, 2.05) is 0 Å². The van der Waals surface area contributed by atoms with Crippen LogP contribution in [0.3, 0.4) is 0 Å². The standard InChI is InChI=1S/C13H30N2OSi/c1-5-14(6-2)11-12-15-10-8-9-13-17(15,4)16-7-3/h5-13H2,1-4H3. The van der Waals surface area contributed by atoms with Crippen LogP contribution >= 0.6 is 0 Å². The molecule has 1 saturated heterocycles. The first-order chi connectivity index (χ1) is 8.16. The van der Waals surface area contributed by atoms with Crippen LogP contribution in [0.2, 0.25) is 12.6 Å². The van der Waals surface area contributed by atoms with Crippen LogP contribution in [0, 0.1) is 0 Å². The first-order valence-corrected chi connectivity index (χ1v) is 9.83. The summed E-state index contributed by atoms with van der Waals surface area (Å²) in [5.74, 6) is 0. The predicted molar refractivity (Wildman–Crippen MR) is 76.6 cm³/mol. The molecule has 0 N–H and O–H groups in total. The van der Waals surface area contributed by atoms with Gasteiger partial charge in [-0.15, -0.1) is 0 Å². The second-order valence-electron chi connectivity index (χ2n) is 5.08. The Morgan fingerprint density at radius 1 is 1.18 bits per heavy atom. The summed E-state index contributed by atoms with van der Waals surface area (Å²) >= 11 is 0. The van der Waals surface area contributed by atoms with Crippen LogP contribution < -0.4 is 0 Å². The van der Waals surface area contributed by atoms with E-state index in [1.54, 1.807) is 0 Å². The van der Waals surface area contributed by atoms with Gasteiger partial charge in [-0.3, -0.25) is 0 Å². The number of hydrogen-bond acceptors (Lipinski definition) is 3. The lowest BCUT2D eigenvalue weighted by molar-refractivity contribution is 0.206. The third-order valence-electron chi connectivity index (χ3n) is 4.02. The van der Waals surface area contributed by atoms with E-state index in [0.29, 0.717) is 0 Å². The Hall–Kier alpha value is 0.0969. The molecule has 4 heteroatoms. The molecule has 0 aliphatic carbocycles. The average molecular weight is 258 g/mol. The van der Waals surface area contributed by atoms with Crippen LogP contribution in [-0.2, 0) is 4.43 Å². The van der Waals surface area contributed by atoms with E-state index in [-0.39, 0.29) is 0 Å². The van der Waals surface area contributed by atoms with Gasteiger partial charge in [-0.2, -0.15) is 0 Å². The lowest BCUT2D eigenvalue weighted by Gasteiger charge is -2.42. The van der Waals surface area contributed by atoms with E-state index < -0.39 is 8.48 Å². The van der Waals surface area contributed by atoms with Crippen molar-refractivity contribution in [3.8, 4) is 0 Å². The van der Waals surface area contributed by atoms with Crippen LogP contribution in [0.1, 0.15) is 33.6 Å². The molecule has 1 unspecified atom stereocenters. The van der Waals surface area contributed by atoms with Crippen molar-refractivity contribution in [1.82, 2.24) is 9.47 Å². The van der Waals surface area contributed by atoms with Crippen molar-refractivity contribution in [3.05, 3.63) is 0 Å². The molecule has 0 radical (unpaired) electrons. The first kappa shape index (κ1) is 15.2. The van der Waals surface area contributed by atoms with E-state index in [2.05, 4.69) is 36.8 Å². The quantitative estimate of drug-likeness (QED) is 0.653. The molecule has 0 aromatic rings. The smallest absolute Gasteiger partial charge is 0.268 e. The molecule has 1 heterocycles. The molecule has 102 valence electrons. The summed E-state index contributed by atoms with van der Waals surface area (Å²) < 4.78 is 8.81. The molecule has 1 aliphatic rings. The van der Waals surface area contributed by atoms with E-state index >= 15 is 0 Å².